The van der Waals surface area contributed by atoms with Gasteiger partial charge in [-0.05, 0) is 30.9 Å². The molecule has 2 aromatic heterocycles. The van der Waals surface area contributed by atoms with Gasteiger partial charge in [0.1, 0.15) is 5.69 Å². The zero-order valence-electron chi connectivity index (χ0n) is 11.4. The van der Waals surface area contributed by atoms with E-state index in [0.29, 0.717) is 11.3 Å². The number of hydrogen-bond acceptors (Lipinski definition) is 4. The summed E-state index contributed by atoms with van der Waals surface area (Å²) in [6.07, 6.45) is -3.06. The summed E-state index contributed by atoms with van der Waals surface area (Å²) in [6, 6.07) is 1.43. The number of aromatic amines is 2. The van der Waals surface area contributed by atoms with Crippen LogP contribution in [0, 0.1) is 12.8 Å². The Kier molecular flexibility index (Phi) is 3.15. The van der Waals surface area contributed by atoms with Gasteiger partial charge >= 0.3 is 11.9 Å². The number of aromatic nitrogens is 4. The molecule has 1 aliphatic rings. The lowest BCUT2D eigenvalue weighted by atomic mass is 10.1. The van der Waals surface area contributed by atoms with Crippen LogP contribution in [-0.4, -0.2) is 26.3 Å². The lowest BCUT2D eigenvalue weighted by molar-refractivity contribution is -0.148. The van der Waals surface area contributed by atoms with E-state index in [-0.39, 0.29) is 17.7 Å². The average molecular weight is 312 g/mol. The van der Waals surface area contributed by atoms with Gasteiger partial charge in [-0.15, -0.1) is 5.10 Å². The summed E-state index contributed by atoms with van der Waals surface area (Å²) in [4.78, 5) is 27.0. The minimum atomic E-state index is -4.24. The normalized spacial score (nSPS) is 20.9. The molecule has 6 nitrogen and oxygen atoms in total. The highest BCUT2D eigenvalue weighted by molar-refractivity contribution is 5.57. The summed E-state index contributed by atoms with van der Waals surface area (Å²) >= 11 is 0. The average Bonchev–Trinajstić information content (AvgIpc) is 3.20. The number of rotatable bonds is 2. The van der Waals surface area contributed by atoms with Crippen molar-refractivity contribution in [2.75, 3.05) is 0 Å². The van der Waals surface area contributed by atoms with E-state index < -0.39 is 29.3 Å². The standard InChI is InChI=1S/C13H11F3N4O2/c1-5-6(7-2-9(7)13(14,15)16)3-10(20-19-5)8-4-17-12(22)18-11(8)21/h3-4,7,9H,2H2,1H3,(H2,17,18,21,22)/t7-,9+/m1/s1. The van der Waals surface area contributed by atoms with E-state index in [1.54, 1.807) is 6.92 Å². The lowest BCUT2D eigenvalue weighted by Crippen LogP contribution is -2.23. The van der Waals surface area contributed by atoms with Crippen molar-refractivity contribution >= 4 is 0 Å². The molecule has 1 aliphatic carbocycles. The van der Waals surface area contributed by atoms with Gasteiger partial charge in [0.15, 0.2) is 0 Å². The van der Waals surface area contributed by atoms with E-state index in [9.17, 15) is 22.8 Å². The third kappa shape index (κ3) is 2.53. The number of halogens is 3. The highest BCUT2D eigenvalue weighted by Crippen LogP contribution is 2.56. The van der Waals surface area contributed by atoms with Gasteiger partial charge in [0, 0.05) is 6.20 Å². The van der Waals surface area contributed by atoms with Crippen LogP contribution >= 0.6 is 0 Å². The van der Waals surface area contributed by atoms with Crippen LogP contribution in [0.25, 0.3) is 11.3 Å². The second-order valence-electron chi connectivity index (χ2n) is 5.25. The van der Waals surface area contributed by atoms with Crippen molar-refractivity contribution in [1.29, 1.82) is 0 Å². The molecule has 0 amide bonds. The molecule has 0 spiro atoms. The molecule has 2 atom stereocenters. The smallest absolute Gasteiger partial charge is 0.313 e. The number of nitrogens with zero attached hydrogens (tertiary/aromatic N) is 2. The fraction of sp³-hybridized carbons (Fsp3) is 0.385. The van der Waals surface area contributed by atoms with E-state index in [1.165, 1.54) is 12.3 Å². The quantitative estimate of drug-likeness (QED) is 0.879. The van der Waals surface area contributed by atoms with Crippen LogP contribution in [0.2, 0.25) is 0 Å². The van der Waals surface area contributed by atoms with Crippen molar-refractivity contribution in [3.63, 3.8) is 0 Å². The van der Waals surface area contributed by atoms with E-state index in [2.05, 4.69) is 15.2 Å². The van der Waals surface area contributed by atoms with Crippen molar-refractivity contribution in [2.45, 2.75) is 25.4 Å². The second-order valence-corrected chi connectivity index (χ2v) is 5.25. The van der Waals surface area contributed by atoms with Crippen LogP contribution in [0.15, 0.2) is 21.9 Å². The third-order valence-electron chi connectivity index (χ3n) is 3.72. The summed E-state index contributed by atoms with van der Waals surface area (Å²) in [5, 5.41) is 7.66. The third-order valence-corrected chi connectivity index (χ3v) is 3.72. The van der Waals surface area contributed by atoms with Gasteiger partial charge in [0.25, 0.3) is 5.56 Å². The Balaban J connectivity index is 2.01. The maximum Gasteiger partial charge on any atom is 0.392 e. The summed E-state index contributed by atoms with van der Waals surface area (Å²) < 4.78 is 38.1. The molecule has 1 fully saturated rings. The summed E-state index contributed by atoms with van der Waals surface area (Å²) in [6.45, 7) is 1.58. The van der Waals surface area contributed by atoms with Crippen molar-refractivity contribution in [3.05, 3.63) is 44.4 Å². The fourth-order valence-electron chi connectivity index (χ4n) is 2.47. The topological polar surface area (TPSA) is 91.5 Å². The van der Waals surface area contributed by atoms with Crippen LogP contribution in [0.1, 0.15) is 23.6 Å². The first-order valence-electron chi connectivity index (χ1n) is 6.50. The summed E-state index contributed by atoms with van der Waals surface area (Å²) in [7, 11) is 0. The Bertz CT molecular complexity index is 840. The Morgan fingerprint density at radius 3 is 2.59 bits per heavy atom. The van der Waals surface area contributed by atoms with E-state index in [1.807, 2.05) is 4.98 Å². The van der Waals surface area contributed by atoms with Crippen molar-refractivity contribution < 1.29 is 13.2 Å². The molecule has 0 aliphatic heterocycles. The largest absolute Gasteiger partial charge is 0.392 e. The van der Waals surface area contributed by atoms with E-state index in [4.69, 9.17) is 0 Å². The molecule has 0 bridgehead atoms. The Morgan fingerprint density at radius 1 is 1.27 bits per heavy atom. The molecule has 0 unspecified atom stereocenters. The Hall–Kier alpha value is -2.45. The van der Waals surface area contributed by atoms with Crippen LogP contribution in [-0.2, 0) is 0 Å². The summed E-state index contributed by atoms with van der Waals surface area (Å²) in [5.41, 5.74) is -0.327. The number of alkyl halides is 3. The first-order valence-corrected chi connectivity index (χ1v) is 6.50. The Morgan fingerprint density at radius 2 is 2.00 bits per heavy atom. The first-order chi connectivity index (χ1) is 10.3. The second kappa shape index (κ2) is 4.79. The van der Waals surface area contributed by atoms with Crippen molar-refractivity contribution in [1.82, 2.24) is 20.2 Å². The molecule has 1 saturated carbocycles. The van der Waals surface area contributed by atoms with Gasteiger partial charge in [-0.2, -0.15) is 18.3 Å². The molecule has 2 aromatic rings. The van der Waals surface area contributed by atoms with Gasteiger partial charge in [0.2, 0.25) is 0 Å². The van der Waals surface area contributed by atoms with E-state index in [0.717, 1.165) is 0 Å². The molecule has 116 valence electrons. The molecular formula is C13H11F3N4O2. The van der Waals surface area contributed by atoms with Crippen LogP contribution in [0.3, 0.4) is 0 Å². The molecule has 0 saturated heterocycles. The minimum Gasteiger partial charge on any atom is -0.313 e. The van der Waals surface area contributed by atoms with Gasteiger partial charge in [-0.3, -0.25) is 9.78 Å². The maximum absolute atomic E-state index is 12.7. The number of nitrogens with one attached hydrogen (secondary N) is 2. The molecule has 0 aromatic carbocycles. The van der Waals surface area contributed by atoms with Gasteiger partial charge in [0.05, 0.1) is 17.2 Å². The highest BCUT2D eigenvalue weighted by Gasteiger charge is 2.56. The summed E-state index contributed by atoms with van der Waals surface area (Å²) in [5.74, 6) is -2.03. The lowest BCUT2D eigenvalue weighted by Gasteiger charge is -2.08. The van der Waals surface area contributed by atoms with Gasteiger partial charge < -0.3 is 4.98 Å². The van der Waals surface area contributed by atoms with Crippen molar-refractivity contribution in [2.24, 2.45) is 5.92 Å². The molecule has 2 heterocycles. The molecule has 2 N–H and O–H groups in total. The van der Waals surface area contributed by atoms with Gasteiger partial charge in [-0.25, -0.2) is 4.79 Å². The molecule has 9 heteroatoms. The molecule has 22 heavy (non-hydrogen) atoms. The minimum absolute atomic E-state index is 0.0114. The number of hydrogen-bond donors (Lipinski definition) is 2. The van der Waals surface area contributed by atoms with Gasteiger partial charge in [-0.1, -0.05) is 0 Å². The van der Waals surface area contributed by atoms with E-state index >= 15 is 0 Å². The molecule has 3 rings (SSSR count). The SMILES string of the molecule is Cc1nnc(-c2c[nH]c(=O)[nH]c2=O)cc1[C@H]1C[C@@H]1C(F)(F)F. The van der Waals surface area contributed by atoms with Crippen LogP contribution in [0.4, 0.5) is 13.2 Å². The molecular weight excluding hydrogens is 301 g/mol. The van der Waals surface area contributed by atoms with Crippen LogP contribution in [0.5, 0.6) is 0 Å². The monoisotopic (exact) mass is 312 g/mol. The fourth-order valence-corrected chi connectivity index (χ4v) is 2.47. The van der Waals surface area contributed by atoms with Crippen molar-refractivity contribution in [3.8, 4) is 11.3 Å². The zero-order valence-corrected chi connectivity index (χ0v) is 11.4. The predicted molar refractivity (Wildman–Crippen MR) is 70.3 cm³/mol. The maximum atomic E-state index is 12.7. The zero-order chi connectivity index (χ0) is 16.1. The first kappa shape index (κ1) is 14.5. The molecule has 0 radical (unpaired) electrons. The predicted octanol–water partition coefficient (Wildman–Crippen LogP) is 1.49. The number of aryl methyl sites for hydroxylation is 1. The number of H-pyrrole nitrogens is 2. The highest BCUT2D eigenvalue weighted by atomic mass is 19.4. The Labute approximate surface area is 121 Å². The van der Waals surface area contributed by atoms with Crippen LogP contribution < -0.4 is 11.2 Å².